The van der Waals surface area contributed by atoms with Crippen molar-refractivity contribution in [2.24, 2.45) is 10.7 Å². The second-order valence-corrected chi connectivity index (χ2v) is 7.46. The number of aliphatic imine (C=N–C) groups is 1. The molecule has 0 spiro atoms. The zero-order chi connectivity index (χ0) is 17.6. The van der Waals surface area contributed by atoms with E-state index in [0.29, 0.717) is 12.0 Å². The molecule has 1 saturated carbocycles. The number of hydrogen-bond acceptors (Lipinski definition) is 3. The third-order valence-corrected chi connectivity index (χ3v) is 5.35. The molecule has 25 heavy (non-hydrogen) atoms. The Morgan fingerprint density at radius 1 is 1.20 bits per heavy atom. The van der Waals surface area contributed by atoms with Crippen LogP contribution < -0.4 is 10.6 Å². The summed E-state index contributed by atoms with van der Waals surface area (Å²) in [6, 6.07) is 9.48. The van der Waals surface area contributed by atoms with Gasteiger partial charge in [0.1, 0.15) is 0 Å². The zero-order valence-electron chi connectivity index (χ0n) is 15.8. The molecule has 0 bridgehead atoms. The molecule has 1 saturated heterocycles. The van der Waals surface area contributed by atoms with E-state index < -0.39 is 0 Å². The fraction of sp³-hybridized carbons (Fsp3) is 0.650. The van der Waals surface area contributed by atoms with Gasteiger partial charge in [0.2, 0.25) is 0 Å². The molecule has 2 N–H and O–H groups in total. The summed E-state index contributed by atoms with van der Waals surface area (Å²) in [5, 5.41) is 0. The Balaban J connectivity index is 1.31. The predicted molar refractivity (Wildman–Crippen MR) is 106 cm³/mol. The Kier molecular flexibility index (Phi) is 6.19. The molecule has 3 rings (SSSR count). The van der Waals surface area contributed by atoms with Crippen LogP contribution in [0.3, 0.4) is 0 Å². The smallest absolute Gasteiger partial charge is 0.191 e. The first-order valence-corrected chi connectivity index (χ1v) is 9.70. The fourth-order valence-corrected chi connectivity index (χ4v) is 3.46. The van der Waals surface area contributed by atoms with Gasteiger partial charge < -0.3 is 15.5 Å². The average molecular weight is 344 g/mol. The third kappa shape index (κ3) is 5.36. The Bertz CT molecular complexity index is 573. The molecule has 2 aliphatic rings. The average Bonchev–Trinajstić information content (AvgIpc) is 3.46. The summed E-state index contributed by atoms with van der Waals surface area (Å²) in [5.74, 6) is 0.717. The van der Waals surface area contributed by atoms with E-state index in [0.717, 1.165) is 39.1 Å². The lowest BCUT2D eigenvalue weighted by molar-refractivity contribution is 0.253. The molecule has 1 aromatic carbocycles. The highest BCUT2D eigenvalue weighted by atomic mass is 15.3. The number of anilines is 1. The van der Waals surface area contributed by atoms with Crippen LogP contribution in [0, 0.1) is 6.92 Å². The molecular formula is C20H33N5. The van der Waals surface area contributed by atoms with Gasteiger partial charge in [-0.3, -0.25) is 9.89 Å². The van der Waals surface area contributed by atoms with E-state index >= 15 is 0 Å². The number of benzene rings is 1. The van der Waals surface area contributed by atoms with E-state index in [2.05, 4.69) is 57.9 Å². The van der Waals surface area contributed by atoms with Crippen molar-refractivity contribution in [2.75, 3.05) is 51.2 Å². The van der Waals surface area contributed by atoms with Crippen LogP contribution in [0.2, 0.25) is 0 Å². The van der Waals surface area contributed by atoms with Crippen LogP contribution in [0.25, 0.3) is 0 Å². The molecule has 138 valence electrons. The van der Waals surface area contributed by atoms with Crippen molar-refractivity contribution >= 4 is 11.6 Å². The van der Waals surface area contributed by atoms with E-state index in [1.165, 1.54) is 37.1 Å². The van der Waals surface area contributed by atoms with Crippen LogP contribution in [-0.4, -0.2) is 68.1 Å². The van der Waals surface area contributed by atoms with Crippen LogP contribution in [0.1, 0.15) is 31.2 Å². The summed E-state index contributed by atoms with van der Waals surface area (Å²) in [5.41, 5.74) is 8.73. The molecule has 1 aliphatic carbocycles. The van der Waals surface area contributed by atoms with Gasteiger partial charge in [-0.2, -0.15) is 0 Å². The van der Waals surface area contributed by atoms with Gasteiger partial charge in [0.05, 0.1) is 0 Å². The molecule has 0 aromatic heterocycles. The Labute approximate surface area is 152 Å². The van der Waals surface area contributed by atoms with Crippen LogP contribution in [0.5, 0.6) is 0 Å². The second kappa shape index (κ2) is 8.56. The molecule has 2 fully saturated rings. The maximum absolute atomic E-state index is 6.02. The SMILES string of the molecule is Cc1cccc(N2CCN(CCCCN=C(N)N(C)C3CC3)CC2)c1. The van der Waals surface area contributed by atoms with E-state index in [9.17, 15) is 0 Å². The van der Waals surface area contributed by atoms with Gasteiger partial charge in [-0.1, -0.05) is 12.1 Å². The van der Waals surface area contributed by atoms with Gasteiger partial charge in [0, 0.05) is 51.5 Å². The van der Waals surface area contributed by atoms with E-state index in [1.807, 2.05) is 0 Å². The van der Waals surface area contributed by atoms with Gasteiger partial charge in [0.25, 0.3) is 0 Å². The number of hydrogen-bond donors (Lipinski definition) is 1. The summed E-state index contributed by atoms with van der Waals surface area (Å²) in [6.07, 6.45) is 4.86. The minimum atomic E-state index is 0.647. The molecular weight excluding hydrogens is 310 g/mol. The Morgan fingerprint density at radius 2 is 1.96 bits per heavy atom. The summed E-state index contributed by atoms with van der Waals surface area (Å²) >= 11 is 0. The topological polar surface area (TPSA) is 48.1 Å². The quantitative estimate of drug-likeness (QED) is 0.469. The van der Waals surface area contributed by atoms with Crippen LogP contribution in [0.4, 0.5) is 5.69 Å². The van der Waals surface area contributed by atoms with Gasteiger partial charge >= 0.3 is 0 Å². The van der Waals surface area contributed by atoms with Gasteiger partial charge in [0.15, 0.2) is 5.96 Å². The number of piperazine rings is 1. The molecule has 0 atom stereocenters. The van der Waals surface area contributed by atoms with E-state index in [1.54, 1.807) is 0 Å². The largest absolute Gasteiger partial charge is 0.370 e. The first-order valence-electron chi connectivity index (χ1n) is 9.70. The normalized spacial score (nSPS) is 19.3. The third-order valence-electron chi connectivity index (χ3n) is 5.35. The Hall–Kier alpha value is -1.75. The molecule has 1 aromatic rings. The number of guanidine groups is 1. The molecule has 1 heterocycles. The summed E-state index contributed by atoms with van der Waals surface area (Å²) in [7, 11) is 2.06. The fourth-order valence-electron chi connectivity index (χ4n) is 3.46. The van der Waals surface area contributed by atoms with Crippen LogP contribution in [0.15, 0.2) is 29.3 Å². The first kappa shape index (κ1) is 18.1. The van der Waals surface area contributed by atoms with Crippen molar-refractivity contribution in [3.8, 4) is 0 Å². The summed E-state index contributed by atoms with van der Waals surface area (Å²) in [4.78, 5) is 11.7. The first-order chi connectivity index (χ1) is 12.1. The lowest BCUT2D eigenvalue weighted by Gasteiger charge is -2.36. The second-order valence-electron chi connectivity index (χ2n) is 7.46. The Morgan fingerprint density at radius 3 is 2.64 bits per heavy atom. The van der Waals surface area contributed by atoms with Gasteiger partial charge in [-0.25, -0.2) is 0 Å². The summed E-state index contributed by atoms with van der Waals surface area (Å²) < 4.78 is 0. The molecule has 1 aliphatic heterocycles. The lowest BCUT2D eigenvalue weighted by Crippen LogP contribution is -2.46. The number of nitrogens with two attached hydrogens (primary N) is 1. The minimum Gasteiger partial charge on any atom is -0.370 e. The van der Waals surface area contributed by atoms with Crippen LogP contribution >= 0.6 is 0 Å². The van der Waals surface area contributed by atoms with E-state index in [4.69, 9.17) is 5.73 Å². The lowest BCUT2D eigenvalue weighted by atomic mass is 10.2. The van der Waals surface area contributed by atoms with Crippen LogP contribution in [-0.2, 0) is 0 Å². The highest BCUT2D eigenvalue weighted by Gasteiger charge is 2.27. The number of rotatable bonds is 7. The minimum absolute atomic E-state index is 0.647. The highest BCUT2D eigenvalue weighted by Crippen LogP contribution is 2.24. The molecule has 5 heteroatoms. The van der Waals surface area contributed by atoms with Crippen molar-refractivity contribution in [1.29, 1.82) is 0 Å². The maximum Gasteiger partial charge on any atom is 0.191 e. The van der Waals surface area contributed by atoms with Crippen molar-refractivity contribution in [3.05, 3.63) is 29.8 Å². The number of nitrogens with zero attached hydrogens (tertiary/aromatic N) is 4. The van der Waals surface area contributed by atoms with Crippen molar-refractivity contribution < 1.29 is 0 Å². The molecule has 0 unspecified atom stereocenters. The predicted octanol–water partition coefficient (Wildman–Crippen LogP) is 2.31. The molecule has 0 radical (unpaired) electrons. The van der Waals surface area contributed by atoms with Crippen molar-refractivity contribution in [1.82, 2.24) is 9.80 Å². The van der Waals surface area contributed by atoms with Gasteiger partial charge in [-0.05, 0) is 56.8 Å². The van der Waals surface area contributed by atoms with E-state index in [-0.39, 0.29) is 0 Å². The highest BCUT2D eigenvalue weighted by molar-refractivity contribution is 5.78. The monoisotopic (exact) mass is 343 g/mol. The molecule has 0 amide bonds. The number of unbranched alkanes of at least 4 members (excludes halogenated alkanes) is 1. The van der Waals surface area contributed by atoms with Crippen molar-refractivity contribution in [2.45, 2.75) is 38.6 Å². The summed E-state index contributed by atoms with van der Waals surface area (Å²) in [6.45, 7) is 8.76. The number of aryl methyl sites for hydroxylation is 1. The zero-order valence-corrected chi connectivity index (χ0v) is 15.8. The molecule has 5 nitrogen and oxygen atoms in total. The van der Waals surface area contributed by atoms with Gasteiger partial charge in [-0.15, -0.1) is 0 Å². The van der Waals surface area contributed by atoms with Crippen molar-refractivity contribution in [3.63, 3.8) is 0 Å². The maximum atomic E-state index is 6.02. The standard InChI is InChI=1S/C20H33N5/c1-17-6-5-7-19(16-17)25-14-12-24(13-15-25)11-4-3-10-22-20(21)23(2)18-8-9-18/h5-7,16,18H,3-4,8-15H2,1-2H3,(H2,21,22).